The van der Waals surface area contributed by atoms with Crippen LogP contribution in [0.3, 0.4) is 0 Å². The van der Waals surface area contributed by atoms with E-state index in [1.165, 1.54) is 5.69 Å². The van der Waals surface area contributed by atoms with Crippen molar-refractivity contribution in [2.24, 2.45) is 0 Å². The average Bonchev–Trinajstić information content (AvgIpc) is 2.86. The highest BCUT2D eigenvalue weighted by molar-refractivity contribution is 7.13. The highest BCUT2D eigenvalue weighted by atomic mass is 32.1. The van der Waals surface area contributed by atoms with Gasteiger partial charge in [-0.25, -0.2) is 4.98 Å². The van der Waals surface area contributed by atoms with E-state index in [9.17, 15) is 0 Å². The zero-order valence-electron chi connectivity index (χ0n) is 10.2. The molecule has 2 rings (SSSR count). The topological polar surface area (TPSA) is 37.8 Å². The van der Waals surface area contributed by atoms with E-state index >= 15 is 0 Å². The van der Waals surface area contributed by atoms with Gasteiger partial charge in [0.15, 0.2) is 0 Å². The van der Waals surface area contributed by atoms with Crippen molar-refractivity contribution in [3.05, 3.63) is 35.5 Å². The average molecular weight is 247 g/mol. The molecule has 0 aliphatic rings. The van der Waals surface area contributed by atoms with E-state index in [2.05, 4.69) is 27.6 Å². The molecular weight excluding hydrogens is 230 g/mol. The molecule has 0 bridgehead atoms. The third-order valence-corrected chi connectivity index (χ3v) is 3.65. The van der Waals surface area contributed by atoms with Crippen molar-refractivity contribution in [1.29, 1.82) is 0 Å². The molecule has 0 aromatic carbocycles. The fourth-order valence-electron chi connectivity index (χ4n) is 1.79. The summed E-state index contributed by atoms with van der Waals surface area (Å²) in [5.41, 5.74) is 2.13. The Morgan fingerprint density at radius 2 is 2.29 bits per heavy atom. The number of nitrogens with one attached hydrogen (secondary N) is 1. The van der Waals surface area contributed by atoms with Gasteiger partial charge < -0.3 is 5.32 Å². The SMILES string of the molecule is CCC(CNC)c1csc(-c2ccccn2)n1. The van der Waals surface area contributed by atoms with E-state index < -0.39 is 0 Å². The lowest BCUT2D eigenvalue weighted by atomic mass is 10.0. The molecule has 2 aromatic rings. The van der Waals surface area contributed by atoms with Crippen LogP contribution in [0.2, 0.25) is 0 Å². The van der Waals surface area contributed by atoms with Crippen LogP contribution in [0.25, 0.3) is 10.7 Å². The highest BCUT2D eigenvalue weighted by Gasteiger charge is 2.13. The maximum absolute atomic E-state index is 4.69. The normalized spacial score (nSPS) is 12.6. The number of nitrogens with zero attached hydrogens (tertiary/aromatic N) is 2. The summed E-state index contributed by atoms with van der Waals surface area (Å²) in [6.45, 7) is 3.17. The standard InChI is InChI=1S/C13H17N3S/c1-3-10(8-14-2)12-9-17-13(16-12)11-6-4-5-7-15-11/h4-7,9-10,14H,3,8H2,1-2H3. The van der Waals surface area contributed by atoms with Crippen molar-refractivity contribution >= 4 is 11.3 Å². The number of aromatic nitrogens is 2. The molecule has 2 heterocycles. The number of likely N-dealkylation sites (N-methyl/N-ethyl adjacent to an activating group) is 1. The number of hydrogen-bond acceptors (Lipinski definition) is 4. The van der Waals surface area contributed by atoms with Crippen LogP contribution in [0, 0.1) is 0 Å². The summed E-state index contributed by atoms with van der Waals surface area (Å²) in [5, 5.41) is 6.37. The van der Waals surface area contributed by atoms with Crippen molar-refractivity contribution < 1.29 is 0 Å². The first-order valence-corrected chi connectivity index (χ1v) is 6.74. The predicted octanol–water partition coefficient (Wildman–Crippen LogP) is 2.92. The van der Waals surface area contributed by atoms with Crippen LogP contribution in [0.5, 0.6) is 0 Å². The Hall–Kier alpha value is -1.26. The molecule has 0 radical (unpaired) electrons. The van der Waals surface area contributed by atoms with Crippen molar-refractivity contribution in [3.8, 4) is 10.7 Å². The van der Waals surface area contributed by atoms with E-state index in [-0.39, 0.29) is 0 Å². The summed E-state index contributed by atoms with van der Waals surface area (Å²) >= 11 is 1.67. The quantitative estimate of drug-likeness (QED) is 0.882. The molecule has 90 valence electrons. The van der Waals surface area contributed by atoms with Gasteiger partial charge >= 0.3 is 0 Å². The minimum atomic E-state index is 0.494. The van der Waals surface area contributed by atoms with Gasteiger partial charge in [0.2, 0.25) is 0 Å². The molecule has 3 nitrogen and oxygen atoms in total. The Kier molecular flexibility index (Phi) is 4.23. The summed E-state index contributed by atoms with van der Waals surface area (Å²) in [5.74, 6) is 0.494. The lowest BCUT2D eigenvalue weighted by Gasteiger charge is -2.10. The van der Waals surface area contributed by atoms with Gasteiger partial charge in [-0.3, -0.25) is 4.98 Å². The smallest absolute Gasteiger partial charge is 0.142 e. The van der Waals surface area contributed by atoms with Crippen LogP contribution < -0.4 is 5.32 Å². The van der Waals surface area contributed by atoms with Gasteiger partial charge in [-0.2, -0.15) is 0 Å². The second kappa shape index (κ2) is 5.89. The van der Waals surface area contributed by atoms with Crippen LogP contribution in [-0.2, 0) is 0 Å². The zero-order chi connectivity index (χ0) is 12.1. The molecule has 0 aliphatic carbocycles. The van der Waals surface area contributed by atoms with Crippen molar-refractivity contribution in [1.82, 2.24) is 15.3 Å². The molecule has 4 heteroatoms. The first-order valence-electron chi connectivity index (χ1n) is 5.86. The molecule has 0 saturated heterocycles. The minimum Gasteiger partial charge on any atom is -0.319 e. The molecule has 0 aliphatic heterocycles. The largest absolute Gasteiger partial charge is 0.319 e. The van der Waals surface area contributed by atoms with Gasteiger partial charge in [-0.1, -0.05) is 13.0 Å². The Labute approximate surface area is 106 Å². The third-order valence-electron chi connectivity index (χ3n) is 2.77. The molecule has 1 unspecified atom stereocenters. The summed E-state index contributed by atoms with van der Waals surface area (Å²) < 4.78 is 0. The predicted molar refractivity (Wildman–Crippen MR) is 72.3 cm³/mol. The number of hydrogen-bond donors (Lipinski definition) is 1. The molecule has 0 saturated carbocycles. The summed E-state index contributed by atoms with van der Waals surface area (Å²) in [4.78, 5) is 9.01. The second-order valence-corrected chi connectivity index (χ2v) is 4.81. The van der Waals surface area contributed by atoms with E-state index in [1.54, 1.807) is 17.5 Å². The van der Waals surface area contributed by atoms with Crippen LogP contribution in [-0.4, -0.2) is 23.6 Å². The van der Waals surface area contributed by atoms with Gasteiger partial charge in [0, 0.05) is 24.0 Å². The van der Waals surface area contributed by atoms with Gasteiger partial charge in [0.1, 0.15) is 5.01 Å². The van der Waals surface area contributed by atoms with E-state index in [4.69, 9.17) is 0 Å². The molecule has 0 amide bonds. The lowest BCUT2D eigenvalue weighted by molar-refractivity contribution is 0.600. The van der Waals surface area contributed by atoms with Crippen LogP contribution in [0.1, 0.15) is 25.0 Å². The fourth-order valence-corrected chi connectivity index (χ4v) is 2.66. The maximum atomic E-state index is 4.69. The fraction of sp³-hybridized carbons (Fsp3) is 0.385. The van der Waals surface area contributed by atoms with Gasteiger partial charge in [-0.05, 0) is 25.6 Å². The van der Waals surface area contributed by atoms with E-state index in [0.717, 1.165) is 23.7 Å². The number of thiazole rings is 1. The van der Waals surface area contributed by atoms with E-state index in [0.29, 0.717) is 5.92 Å². The maximum Gasteiger partial charge on any atom is 0.142 e. The summed E-state index contributed by atoms with van der Waals surface area (Å²) in [7, 11) is 1.98. The monoisotopic (exact) mass is 247 g/mol. The lowest BCUT2D eigenvalue weighted by Crippen LogP contribution is -2.16. The van der Waals surface area contributed by atoms with Gasteiger partial charge in [-0.15, -0.1) is 11.3 Å². The Morgan fingerprint density at radius 1 is 1.41 bits per heavy atom. The van der Waals surface area contributed by atoms with Gasteiger partial charge in [0.05, 0.1) is 11.4 Å². The number of pyridine rings is 1. The Balaban J connectivity index is 2.21. The van der Waals surface area contributed by atoms with Crippen molar-refractivity contribution in [2.45, 2.75) is 19.3 Å². The summed E-state index contributed by atoms with van der Waals surface area (Å²) in [6, 6.07) is 5.92. The van der Waals surface area contributed by atoms with Gasteiger partial charge in [0.25, 0.3) is 0 Å². The Bertz CT molecular complexity index is 453. The third kappa shape index (κ3) is 2.90. The van der Waals surface area contributed by atoms with Crippen LogP contribution in [0.4, 0.5) is 0 Å². The zero-order valence-corrected chi connectivity index (χ0v) is 11.0. The molecular formula is C13H17N3S. The first kappa shape index (κ1) is 12.2. The second-order valence-electron chi connectivity index (χ2n) is 3.96. The van der Waals surface area contributed by atoms with Crippen molar-refractivity contribution in [3.63, 3.8) is 0 Å². The molecule has 0 spiro atoms. The molecule has 2 aromatic heterocycles. The van der Waals surface area contributed by atoms with Crippen LogP contribution >= 0.6 is 11.3 Å². The highest BCUT2D eigenvalue weighted by Crippen LogP contribution is 2.26. The van der Waals surface area contributed by atoms with Crippen LogP contribution in [0.15, 0.2) is 29.8 Å². The molecule has 17 heavy (non-hydrogen) atoms. The first-order chi connectivity index (χ1) is 8.35. The van der Waals surface area contributed by atoms with E-state index in [1.807, 2.05) is 25.2 Å². The van der Waals surface area contributed by atoms with Crippen molar-refractivity contribution in [2.75, 3.05) is 13.6 Å². The molecule has 0 fully saturated rings. The summed E-state index contributed by atoms with van der Waals surface area (Å²) in [6.07, 6.45) is 2.91. The number of rotatable bonds is 5. The molecule has 1 atom stereocenters. The Morgan fingerprint density at radius 3 is 2.94 bits per heavy atom. The minimum absolute atomic E-state index is 0.494. The molecule has 1 N–H and O–H groups in total.